The highest BCUT2D eigenvalue weighted by Gasteiger charge is 2.33. The van der Waals surface area contributed by atoms with Crippen molar-refractivity contribution in [3.05, 3.63) is 47.6 Å². The van der Waals surface area contributed by atoms with Crippen LogP contribution in [0.1, 0.15) is 48.8 Å². The second-order valence-electron chi connectivity index (χ2n) is 8.63. The summed E-state index contributed by atoms with van der Waals surface area (Å²) in [5.74, 6) is -3.39. The lowest BCUT2D eigenvalue weighted by Gasteiger charge is -2.28. The molecule has 0 saturated carbocycles. The number of ketones is 1. The number of morpholine rings is 1. The first-order valence-electron chi connectivity index (χ1n) is 12.0. The van der Waals surface area contributed by atoms with Crippen molar-refractivity contribution in [2.75, 3.05) is 32.1 Å². The van der Waals surface area contributed by atoms with E-state index in [-0.39, 0.29) is 30.3 Å². The van der Waals surface area contributed by atoms with Gasteiger partial charge in [0.15, 0.2) is 9.84 Å². The lowest BCUT2D eigenvalue weighted by molar-refractivity contribution is -0.139. The minimum Gasteiger partial charge on any atom is -0.378 e. The number of amides is 2. The molecular weight excluding hydrogens is 488 g/mol. The number of aryl methyl sites for hydroxylation is 1. The number of benzene rings is 1. The van der Waals surface area contributed by atoms with E-state index in [4.69, 9.17) is 9.26 Å². The molecule has 12 heteroatoms. The highest BCUT2D eigenvalue weighted by atomic mass is 32.2. The molecule has 1 aliphatic heterocycles. The Bertz CT molecular complexity index is 1140. The van der Waals surface area contributed by atoms with Crippen molar-refractivity contribution in [2.45, 2.75) is 44.9 Å². The number of nitrogens with zero attached hydrogens (tertiary/aromatic N) is 3. The number of carbonyl (C=O) groups is 3. The summed E-state index contributed by atoms with van der Waals surface area (Å²) in [5.41, 5.74) is 0.585. The van der Waals surface area contributed by atoms with Gasteiger partial charge in [-0.2, -0.15) is 4.98 Å². The Morgan fingerprint density at radius 3 is 2.42 bits per heavy atom. The number of hydrogen-bond donors (Lipinski definition) is 1. The Morgan fingerprint density at radius 1 is 1.11 bits per heavy atom. The van der Waals surface area contributed by atoms with Crippen LogP contribution in [0.2, 0.25) is 0 Å². The van der Waals surface area contributed by atoms with Gasteiger partial charge in [0.05, 0.1) is 36.7 Å². The zero-order chi connectivity index (χ0) is 26.1. The molecule has 11 nitrogen and oxygen atoms in total. The first-order chi connectivity index (χ1) is 17.2. The maximum atomic E-state index is 13.3. The van der Waals surface area contributed by atoms with Crippen molar-refractivity contribution in [2.24, 2.45) is 5.92 Å². The average molecular weight is 521 g/mol. The molecular formula is C24H32N4O7S. The van der Waals surface area contributed by atoms with Gasteiger partial charge in [0.25, 0.3) is 0 Å². The lowest BCUT2D eigenvalue weighted by Crippen LogP contribution is -2.47. The largest absolute Gasteiger partial charge is 0.378 e. The number of Topliss-reactive ketones (excluding diaryl/α,β-unsaturated/α-hetero) is 1. The topological polar surface area (TPSA) is 149 Å². The second kappa shape index (κ2) is 12.7. The normalized spacial score (nSPS) is 15.8. The molecule has 3 rings (SSSR count). The Labute approximate surface area is 210 Å². The Morgan fingerprint density at radius 2 is 1.81 bits per heavy atom. The molecule has 196 valence electrons. The zero-order valence-electron chi connectivity index (χ0n) is 20.5. The van der Waals surface area contributed by atoms with Crippen LogP contribution >= 0.6 is 0 Å². The predicted molar refractivity (Wildman–Crippen MR) is 130 cm³/mol. The number of sulfone groups is 1. The van der Waals surface area contributed by atoms with E-state index in [9.17, 15) is 22.8 Å². The van der Waals surface area contributed by atoms with E-state index in [1.165, 1.54) is 0 Å². The summed E-state index contributed by atoms with van der Waals surface area (Å²) in [4.78, 5) is 44.6. The molecule has 1 saturated heterocycles. The Hall–Kier alpha value is -3.12. The molecule has 0 spiro atoms. The van der Waals surface area contributed by atoms with Crippen molar-refractivity contribution in [3.63, 3.8) is 0 Å². The monoisotopic (exact) mass is 520 g/mol. The van der Waals surface area contributed by atoms with Gasteiger partial charge in [-0.25, -0.2) is 8.42 Å². The fourth-order valence-corrected chi connectivity index (χ4v) is 5.57. The number of hydrogen-bond acceptors (Lipinski definition) is 9. The van der Waals surface area contributed by atoms with Gasteiger partial charge >= 0.3 is 0 Å². The van der Waals surface area contributed by atoms with Crippen LogP contribution in [0.5, 0.6) is 0 Å². The molecule has 2 amide bonds. The van der Waals surface area contributed by atoms with Crippen LogP contribution in [0.3, 0.4) is 0 Å². The number of ether oxygens (including phenoxy) is 1. The summed E-state index contributed by atoms with van der Waals surface area (Å²) in [7, 11) is -3.75. The number of aromatic nitrogens is 2. The maximum absolute atomic E-state index is 13.3. The molecule has 1 fully saturated rings. The number of nitrogens with one attached hydrogen (secondary N) is 1. The summed E-state index contributed by atoms with van der Waals surface area (Å²) in [6.45, 7) is 5.00. The van der Waals surface area contributed by atoms with E-state index >= 15 is 0 Å². The summed E-state index contributed by atoms with van der Waals surface area (Å²) in [6.07, 6.45) is 0.378. The molecule has 1 N–H and O–H groups in total. The summed E-state index contributed by atoms with van der Waals surface area (Å²) >= 11 is 0. The van der Waals surface area contributed by atoms with Gasteiger partial charge in [0.2, 0.25) is 29.3 Å². The third kappa shape index (κ3) is 7.69. The van der Waals surface area contributed by atoms with Crippen LogP contribution in [0.15, 0.2) is 34.9 Å². The summed E-state index contributed by atoms with van der Waals surface area (Å²) < 4.78 is 36.2. The standard InChI is InChI=1S/C24H32N4O7S/c1-3-19(22(30)23-26-20(4-2)35-27-23)25-24(31)18(14-21(29)28-10-12-34-13-11-28)16-36(32,33)15-17-8-6-5-7-9-17/h5-9,18-19H,3-4,10-16H2,1-2H3,(H,25,31)/t18?,19-/m0/s1. The highest BCUT2D eigenvalue weighted by Crippen LogP contribution is 2.16. The van der Waals surface area contributed by atoms with E-state index in [2.05, 4.69) is 15.5 Å². The first kappa shape index (κ1) is 27.5. The summed E-state index contributed by atoms with van der Waals surface area (Å²) in [5, 5.41) is 6.29. The van der Waals surface area contributed by atoms with Gasteiger partial charge in [-0.3, -0.25) is 14.4 Å². The van der Waals surface area contributed by atoms with Crippen molar-refractivity contribution in [1.29, 1.82) is 0 Å². The minimum atomic E-state index is -3.75. The van der Waals surface area contributed by atoms with Gasteiger partial charge in [0.1, 0.15) is 0 Å². The van der Waals surface area contributed by atoms with Crippen molar-refractivity contribution in [1.82, 2.24) is 20.4 Å². The molecule has 0 aliphatic carbocycles. The van der Waals surface area contributed by atoms with E-state index in [1.54, 1.807) is 49.1 Å². The van der Waals surface area contributed by atoms with Crippen LogP contribution in [-0.4, -0.2) is 79.2 Å². The third-order valence-corrected chi connectivity index (χ3v) is 7.56. The van der Waals surface area contributed by atoms with Gasteiger partial charge in [0, 0.05) is 25.9 Å². The maximum Gasteiger partial charge on any atom is 0.240 e. The first-order valence-corrected chi connectivity index (χ1v) is 13.8. The molecule has 0 radical (unpaired) electrons. The molecule has 2 aromatic rings. The minimum absolute atomic E-state index is 0.156. The third-order valence-electron chi connectivity index (χ3n) is 5.87. The average Bonchev–Trinajstić information content (AvgIpc) is 3.36. The predicted octanol–water partition coefficient (Wildman–Crippen LogP) is 1.19. The van der Waals surface area contributed by atoms with Crippen LogP contribution < -0.4 is 5.32 Å². The Balaban J connectivity index is 1.76. The highest BCUT2D eigenvalue weighted by molar-refractivity contribution is 7.90. The fraction of sp³-hybridized carbons (Fsp3) is 0.542. The quantitative estimate of drug-likeness (QED) is 0.407. The molecule has 1 aliphatic rings. The number of rotatable bonds is 12. The fourth-order valence-electron chi connectivity index (χ4n) is 3.87. The zero-order valence-corrected chi connectivity index (χ0v) is 21.3. The van der Waals surface area contributed by atoms with Crippen molar-refractivity contribution >= 4 is 27.4 Å². The van der Waals surface area contributed by atoms with E-state index < -0.39 is 39.2 Å². The molecule has 1 unspecified atom stereocenters. The van der Waals surface area contributed by atoms with E-state index in [1.807, 2.05) is 0 Å². The Kier molecular flexibility index (Phi) is 9.71. The van der Waals surface area contributed by atoms with Gasteiger partial charge < -0.3 is 19.5 Å². The second-order valence-corrected chi connectivity index (χ2v) is 10.7. The van der Waals surface area contributed by atoms with Crippen LogP contribution in [0, 0.1) is 5.92 Å². The molecule has 0 bridgehead atoms. The summed E-state index contributed by atoms with van der Waals surface area (Å²) in [6, 6.07) is 7.63. The molecule has 2 atom stereocenters. The van der Waals surface area contributed by atoms with Crippen LogP contribution in [-0.2, 0) is 36.3 Å². The van der Waals surface area contributed by atoms with Crippen molar-refractivity contribution < 1.29 is 32.1 Å². The SMILES string of the molecule is CCc1nc(C(=O)[C@H](CC)NC(=O)C(CC(=O)N2CCOCC2)CS(=O)(=O)Cc2ccccc2)no1. The smallest absolute Gasteiger partial charge is 0.240 e. The van der Waals surface area contributed by atoms with Gasteiger partial charge in [-0.05, 0) is 12.0 Å². The molecule has 1 aromatic heterocycles. The molecule has 36 heavy (non-hydrogen) atoms. The van der Waals surface area contributed by atoms with Crippen LogP contribution in [0.4, 0.5) is 0 Å². The lowest BCUT2D eigenvalue weighted by atomic mass is 10.0. The van der Waals surface area contributed by atoms with Gasteiger partial charge in [-0.1, -0.05) is 49.3 Å². The molecule has 1 aromatic carbocycles. The van der Waals surface area contributed by atoms with Crippen molar-refractivity contribution in [3.8, 4) is 0 Å². The molecule has 2 heterocycles. The van der Waals surface area contributed by atoms with E-state index in [0.717, 1.165) is 0 Å². The van der Waals surface area contributed by atoms with Crippen LogP contribution in [0.25, 0.3) is 0 Å². The number of carbonyl (C=O) groups excluding carboxylic acids is 3. The van der Waals surface area contributed by atoms with E-state index in [0.29, 0.717) is 44.2 Å². The van der Waals surface area contributed by atoms with Gasteiger partial charge in [-0.15, -0.1) is 0 Å².